The molecule has 0 bridgehead atoms. The van der Waals surface area contributed by atoms with Gasteiger partial charge in [0.05, 0.1) is 24.9 Å². The summed E-state index contributed by atoms with van der Waals surface area (Å²) < 4.78 is 10.9. The molecule has 0 saturated carbocycles. The van der Waals surface area contributed by atoms with E-state index in [0.29, 0.717) is 5.92 Å². The number of unbranched alkanes of at least 4 members (excludes halogenated alkanes) is 3. The molecule has 0 amide bonds. The highest BCUT2D eigenvalue weighted by atomic mass is 16.5. The second-order valence-corrected chi connectivity index (χ2v) is 12.0. The fourth-order valence-corrected chi connectivity index (χ4v) is 5.50. The summed E-state index contributed by atoms with van der Waals surface area (Å²) in [5.41, 5.74) is 1.09. The van der Waals surface area contributed by atoms with Gasteiger partial charge in [-0.2, -0.15) is 0 Å². The Balaban J connectivity index is 2.03. The molecule has 8 heteroatoms. The fraction of sp³-hybridized carbons (Fsp3) is 0.667. The summed E-state index contributed by atoms with van der Waals surface area (Å²) in [4.78, 5) is 12.8. The molecule has 0 spiro atoms. The van der Waals surface area contributed by atoms with Crippen molar-refractivity contribution in [2.24, 2.45) is 11.8 Å². The Hall–Kier alpha value is -2.23. The Morgan fingerprint density at radius 2 is 1.83 bits per heavy atom. The Labute approximate surface area is 245 Å². The van der Waals surface area contributed by atoms with Crippen LogP contribution < -0.4 is 5.63 Å². The number of ether oxygens (including phenoxy) is 1. The van der Waals surface area contributed by atoms with E-state index in [9.17, 15) is 30.3 Å². The van der Waals surface area contributed by atoms with Crippen LogP contribution in [-0.4, -0.2) is 56.6 Å². The number of allylic oxidation sites excluding steroid dienone is 5. The summed E-state index contributed by atoms with van der Waals surface area (Å²) in [6, 6.07) is 1.21. The molecule has 1 aliphatic rings. The molecule has 8 atom stereocenters. The molecule has 232 valence electrons. The summed E-state index contributed by atoms with van der Waals surface area (Å²) in [7, 11) is 0. The molecule has 0 radical (unpaired) electrons. The van der Waals surface area contributed by atoms with Crippen molar-refractivity contribution in [3.05, 3.63) is 63.3 Å². The van der Waals surface area contributed by atoms with E-state index < -0.39 is 54.4 Å². The minimum Gasteiger partial charge on any atom is -0.507 e. The molecule has 5 N–H and O–H groups in total. The van der Waals surface area contributed by atoms with Crippen LogP contribution in [0.2, 0.25) is 0 Å². The fourth-order valence-electron chi connectivity index (χ4n) is 5.50. The zero-order valence-corrected chi connectivity index (χ0v) is 25.6. The average molecular weight is 577 g/mol. The first-order chi connectivity index (χ1) is 19.4. The Bertz CT molecular complexity index is 1090. The van der Waals surface area contributed by atoms with E-state index in [0.717, 1.165) is 12.0 Å². The highest BCUT2D eigenvalue weighted by molar-refractivity contribution is 5.35. The van der Waals surface area contributed by atoms with E-state index in [-0.39, 0.29) is 23.7 Å². The third kappa shape index (κ3) is 10.8. The molecule has 1 aliphatic heterocycles. The molecule has 2 heterocycles. The van der Waals surface area contributed by atoms with Crippen LogP contribution in [0.15, 0.2) is 50.7 Å². The number of rotatable bonds is 15. The van der Waals surface area contributed by atoms with Crippen LogP contribution in [0.5, 0.6) is 5.75 Å². The van der Waals surface area contributed by atoms with Gasteiger partial charge in [0.15, 0.2) is 0 Å². The predicted molar refractivity (Wildman–Crippen MR) is 161 cm³/mol. The van der Waals surface area contributed by atoms with Gasteiger partial charge in [-0.05, 0) is 32.1 Å². The monoisotopic (exact) mass is 576 g/mol. The lowest BCUT2D eigenvalue weighted by atomic mass is 9.93. The van der Waals surface area contributed by atoms with Crippen LogP contribution >= 0.6 is 0 Å². The van der Waals surface area contributed by atoms with Crippen molar-refractivity contribution in [2.45, 2.75) is 123 Å². The maximum atomic E-state index is 12.8. The number of aliphatic hydroxyl groups excluding tert-OH is 4. The first-order valence-corrected chi connectivity index (χ1v) is 15.1. The first kappa shape index (κ1) is 35.0. The lowest BCUT2D eigenvalue weighted by Gasteiger charge is -2.36. The lowest BCUT2D eigenvalue weighted by Crippen LogP contribution is -2.45. The van der Waals surface area contributed by atoms with Gasteiger partial charge in [-0.25, -0.2) is 4.79 Å². The minimum absolute atomic E-state index is 0.00512. The zero-order chi connectivity index (χ0) is 30.7. The molecule has 1 aromatic rings. The van der Waals surface area contributed by atoms with Gasteiger partial charge in [0.1, 0.15) is 29.3 Å². The normalized spacial score (nSPS) is 25.3. The molecule has 0 aromatic carbocycles. The van der Waals surface area contributed by atoms with Gasteiger partial charge < -0.3 is 34.7 Å². The molecule has 1 fully saturated rings. The summed E-state index contributed by atoms with van der Waals surface area (Å²) in [5, 5.41) is 51.2. The van der Waals surface area contributed by atoms with Crippen molar-refractivity contribution < 1.29 is 34.7 Å². The maximum Gasteiger partial charge on any atom is 0.345 e. The molecular weight excluding hydrogens is 524 g/mol. The van der Waals surface area contributed by atoms with Crippen molar-refractivity contribution in [3.8, 4) is 5.75 Å². The topological polar surface area (TPSA) is 141 Å². The Morgan fingerprint density at radius 3 is 2.46 bits per heavy atom. The highest BCUT2D eigenvalue weighted by Crippen LogP contribution is 2.36. The van der Waals surface area contributed by atoms with Gasteiger partial charge in [-0.15, -0.1) is 0 Å². The number of hydrogen-bond acceptors (Lipinski definition) is 8. The number of aromatic hydroxyl groups is 1. The molecule has 0 aliphatic carbocycles. The lowest BCUT2D eigenvalue weighted by molar-refractivity contribution is -0.180. The number of hydrogen-bond donors (Lipinski definition) is 5. The van der Waals surface area contributed by atoms with Crippen LogP contribution in [0.25, 0.3) is 0 Å². The zero-order valence-electron chi connectivity index (χ0n) is 25.6. The second kappa shape index (κ2) is 17.0. The van der Waals surface area contributed by atoms with E-state index in [2.05, 4.69) is 39.8 Å². The van der Waals surface area contributed by atoms with Gasteiger partial charge in [-0.3, -0.25) is 0 Å². The van der Waals surface area contributed by atoms with E-state index in [1.165, 1.54) is 43.7 Å². The third-order valence-corrected chi connectivity index (χ3v) is 7.83. The van der Waals surface area contributed by atoms with Crippen molar-refractivity contribution in [1.82, 2.24) is 0 Å². The Kier molecular flexibility index (Phi) is 14.5. The quantitative estimate of drug-likeness (QED) is 0.106. The van der Waals surface area contributed by atoms with Gasteiger partial charge in [-0.1, -0.05) is 95.2 Å². The van der Waals surface area contributed by atoms with Crippen LogP contribution in [0.1, 0.15) is 110 Å². The largest absolute Gasteiger partial charge is 0.507 e. The van der Waals surface area contributed by atoms with Crippen molar-refractivity contribution in [2.75, 3.05) is 6.61 Å². The van der Waals surface area contributed by atoms with Gasteiger partial charge >= 0.3 is 5.63 Å². The van der Waals surface area contributed by atoms with E-state index >= 15 is 0 Å². The summed E-state index contributed by atoms with van der Waals surface area (Å²) in [6.45, 7) is 12.1. The predicted octanol–water partition coefficient (Wildman–Crippen LogP) is 5.44. The molecule has 0 unspecified atom stereocenters. The first-order valence-electron chi connectivity index (χ1n) is 15.1. The van der Waals surface area contributed by atoms with E-state index in [1.54, 1.807) is 13.0 Å². The second-order valence-electron chi connectivity index (χ2n) is 12.0. The maximum absolute atomic E-state index is 12.8. The highest BCUT2D eigenvalue weighted by Gasteiger charge is 2.40. The standard InChI is InChI=1S/C33H52O8/c1-7-8-9-10-11-20(2)14-22(4)16-23(5)15-21(3)12-13-26(35)24(6)29-18-27(36)30(33(39)41-29)32-31(38)28(37)17-25(19-34)40-32/h12-13,15-16,18,20,23-26,28,31-32,34-38H,7-11,14,17,19H2,1-6H3/b13-12+,21-15+,22-16-/t20-,23+,24+,25-,26-,28-,31+,32-/m0/s1. The van der Waals surface area contributed by atoms with Crippen molar-refractivity contribution in [3.63, 3.8) is 0 Å². The summed E-state index contributed by atoms with van der Waals surface area (Å²) in [5.74, 6) is -0.148. The molecular formula is C33H52O8. The van der Waals surface area contributed by atoms with Gasteiger partial charge in [0.25, 0.3) is 0 Å². The minimum atomic E-state index is -1.47. The van der Waals surface area contributed by atoms with Crippen LogP contribution in [0.3, 0.4) is 0 Å². The van der Waals surface area contributed by atoms with Crippen LogP contribution in [-0.2, 0) is 4.74 Å². The van der Waals surface area contributed by atoms with E-state index in [4.69, 9.17) is 9.15 Å². The van der Waals surface area contributed by atoms with Crippen LogP contribution in [0, 0.1) is 11.8 Å². The van der Waals surface area contributed by atoms with Gasteiger partial charge in [0, 0.05) is 18.4 Å². The molecule has 2 rings (SSSR count). The van der Waals surface area contributed by atoms with Crippen LogP contribution in [0.4, 0.5) is 0 Å². The SMILES string of the molecule is CCCCCC[C@H](C)C/C(C)=C\[C@H](C)/C=C(C)/C=C/[C@H](O)[C@@H](C)c1cc(O)c([C@@H]2O[C@H](CO)C[C@H](O)[C@H]2O)c(=O)o1. The van der Waals surface area contributed by atoms with Crippen molar-refractivity contribution >= 4 is 0 Å². The molecule has 1 saturated heterocycles. The number of aliphatic hydroxyl groups is 4. The molecule has 41 heavy (non-hydrogen) atoms. The summed E-state index contributed by atoms with van der Waals surface area (Å²) >= 11 is 0. The summed E-state index contributed by atoms with van der Waals surface area (Å²) in [6.07, 6.45) is 9.53. The average Bonchev–Trinajstić information content (AvgIpc) is 2.90. The smallest absolute Gasteiger partial charge is 0.345 e. The third-order valence-electron chi connectivity index (χ3n) is 7.83. The Morgan fingerprint density at radius 1 is 1.12 bits per heavy atom. The van der Waals surface area contributed by atoms with Crippen molar-refractivity contribution in [1.29, 1.82) is 0 Å². The van der Waals surface area contributed by atoms with E-state index in [1.807, 2.05) is 13.0 Å². The van der Waals surface area contributed by atoms with Gasteiger partial charge in [0.2, 0.25) is 0 Å². The molecule has 1 aromatic heterocycles. The molecule has 8 nitrogen and oxygen atoms in total.